The van der Waals surface area contributed by atoms with Gasteiger partial charge in [0.15, 0.2) is 6.23 Å². The maximum absolute atomic E-state index is 13.8. The SMILES string of the molecule is CC(C)C[C@H](NC(=O)N[C@@H](Cc1c[nH]c2ccccc12)C(=O)O)C(=O)N[C@H](C(=O)NC[C@H]1C[C@@H](O)[C@H](n2ccc(=O)[nH]c2=O)O1)[C@H](C)N(C)C(=O)[C@H](C)N. The van der Waals surface area contributed by atoms with Gasteiger partial charge in [-0.2, -0.15) is 0 Å². The van der Waals surface area contributed by atoms with Crippen molar-refractivity contribution in [2.75, 3.05) is 13.6 Å². The van der Waals surface area contributed by atoms with Crippen molar-refractivity contribution in [2.24, 2.45) is 11.7 Å². The van der Waals surface area contributed by atoms with E-state index < -0.39 is 89.6 Å². The van der Waals surface area contributed by atoms with Gasteiger partial charge in [0.05, 0.1) is 18.2 Å². The van der Waals surface area contributed by atoms with Crippen LogP contribution in [-0.4, -0.2) is 115 Å². The lowest BCUT2D eigenvalue weighted by Crippen LogP contribution is -2.62. The molecule has 19 nitrogen and oxygen atoms in total. The largest absolute Gasteiger partial charge is 0.480 e. The van der Waals surface area contributed by atoms with Crippen LogP contribution in [0.4, 0.5) is 4.79 Å². The fraction of sp³-hybridized carbons (Fsp3) is 0.514. The number of aliphatic carboxylic acids is 1. The number of rotatable bonds is 16. The third-order valence-electron chi connectivity index (χ3n) is 9.24. The lowest BCUT2D eigenvalue weighted by atomic mass is 10.0. The molecule has 3 aromatic rings. The molecule has 8 atom stereocenters. The number of aliphatic hydroxyl groups is 1. The van der Waals surface area contributed by atoms with Crippen LogP contribution in [0.25, 0.3) is 10.9 Å². The van der Waals surface area contributed by atoms with Gasteiger partial charge in [-0.15, -0.1) is 0 Å². The number of aromatic nitrogens is 3. The molecule has 0 spiro atoms. The van der Waals surface area contributed by atoms with Crippen LogP contribution in [0, 0.1) is 5.92 Å². The molecular weight excluding hydrogens is 706 g/mol. The average molecular weight is 756 g/mol. The Morgan fingerprint density at radius 3 is 2.35 bits per heavy atom. The molecule has 1 fully saturated rings. The second-order valence-corrected chi connectivity index (χ2v) is 13.9. The summed E-state index contributed by atoms with van der Waals surface area (Å²) in [6.07, 6.45) is -0.153. The van der Waals surface area contributed by atoms with Crippen molar-refractivity contribution >= 4 is 40.6 Å². The minimum Gasteiger partial charge on any atom is -0.480 e. The van der Waals surface area contributed by atoms with Crippen LogP contribution in [0.15, 0.2) is 52.3 Å². The van der Waals surface area contributed by atoms with Gasteiger partial charge in [-0.1, -0.05) is 32.0 Å². The van der Waals surface area contributed by atoms with E-state index in [9.17, 15) is 43.8 Å². The highest BCUT2D eigenvalue weighted by Crippen LogP contribution is 2.27. The summed E-state index contributed by atoms with van der Waals surface area (Å²) in [6.45, 7) is 6.44. The lowest BCUT2D eigenvalue weighted by Gasteiger charge is -2.34. The number of nitrogens with two attached hydrogens (primary N) is 1. The van der Waals surface area contributed by atoms with E-state index in [1.807, 2.05) is 38.1 Å². The number of amides is 5. The fourth-order valence-electron chi connectivity index (χ4n) is 6.25. The number of carboxylic acid groups (broad SMARTS) is 1. The number of likely N-dealkylation sites (N-methyl/N-ethyl adjacent to an activating group) is 1. The molecule has 0 bridgehead atoms. The molecule has 0 radical (unpaired) electrons. The topological polar surface area (TPSA) is 283 Å². The van der Waals surface area contributed by atoms with Gasteiger partial charge in [0.25, 0.3) is 5.56 Å². The van der Waals surface area contributed by atoms with Crippen molar-refractivity contribution in [1.29, 1.82) is 0 Å². The Labute approximate surface area is 310 Å². The summed E-state index contributed by atoms with van der Waals surface area (Å²) in [6, 6.07) is 1.64. The Hall–Kier alpha value is -5.53. The van der Waals surface area contributed by atoms with Crippen LogP contribution in [-0.2, 0) is 30.3 Å². The summed E-state index contributed by atoms with van der Waals surface area (Å²) < 4.78 is 6.83. The van der Waals surface area contributed by atoms with Crippen LogP contribution in [0.1, 0.15) is 52.3 Å². The van der Waals surface area contributed by atoms with Crippen LogP contribution >= 0.6 is 0 Å². The molecule has 19 heteroatoms. The molecule has 1 aliphatic heterocycles. The molecule has 1 saturated heterocycles. The molecule has 0 aliphatic carbocycles. The Bertz CT molecular complexity index is 1940. The molecule has 294 valence electrons. The highest BCUT2D eigenvalue weighted by Gasteiger charge is 2.38. The molecule has 1 aromatic carbocycles. The number of carboxylic acids is 1. The van der Waals surface area contributed by atoms with Gasteiger partial charge in [-0.05, 0) is 37.8 Å². The molecule has 0 saturated carbocycles. The zero-order chi connectivity index (χ0) is 39.9. The van der Waals surface area contributed by atoms with E-state index in [0.717, 1.165) is 21.5 Å². The van der Waals surface area contributed by atoms with Gasteiger partial charge in [0, 0.05) is 55.8 Å². The molecule has 2 aromatic heterocycles. The van der Waals surface area contributed by atoms with Crippen LogP contribution in [0.3, 0.4) is 0 Å². The normalized spacial score (nSPS) is 19.7. The number of para-hydroxylation sites is 1. The summed E-state index contributed by atoms with van der Waals surface area (Å²) in [5.41, 5.74) is 5.87. The van der Waals surface area contributed by atoms with Crippen molar-refractivity contribution in [1.82, 2.24) is 40.7 Å². The number of fused-ring (bicyclic) bond motifs is 1. The van der Waals surface area contributed by atoms with Crippen LogP contribution < -0.4 is 38.2 Å². The maximum Gasteiger partial charge on any atom is 0.330 e. The number of nitrogens with one attached hydrogen (secondary N) is 6. The van der Waals surface area contributed by atoms with Crippen LogP contribution in [0.2, 0.25) is 0 Å². The number of urea groups is 1. The monoisotopic (exact) mass is 755 g/mol. The first-order valence-corrected chi connectivity index (χ1v) is 17.6. The van der Waals surface area contributed by atoms with Crippen molar-refractivity contribution in [3.05, 3.63) is 69.1 Å². The third-order valence-corrected chi connectivity index (χ3v) is 9.24. The Kier molecular flexibility index (Phi) is 13.7. The number of aliphatic hydroxyl groups excluding tert-OH is 1. The minimum absolute atomic E-state index is 0.0132. The highest BCUT2D eigenvalue weighted by molar-refractivity contribution is 5.93. The smallest absolute Gasteiger partial charge is 0.330 e. The second kappa shape index (κ2) is 18.0. The van der Waals surface area contributed by atoms with Crippen molar-refractivity contribution in [3.8, 4) is 0 Å². The van der Waals surface area contributed by atoms with Gasteiger partial charge < -0.3 is 51.8 Å². The van der Waals surface area contributed by atoms with Crippen molar-refractivity contribution in [3.63, 3.8) is 0 Å². The quantitative estimate of drug-likeness (QED) is 0.0844. The van der Waals surface area contributed by atoms with E-state index >= 15 is 0 Å². The van der Waals surface area contributed by atoms with E-state index in [4.69, 9.17) is 10.5 Å². The van der Waals surface area contributed by atoms with E-state index in [2.05, 4.69) is 31.2 Å². The van der Waals surface area contributed by atoms with E-state index in [0.29, 0.717) is 5.56 Å². The van der Waals surface area contributed by atoms with Gasteiger partial charge in [0.1, 0.15) is 24.2 Å². The van der Waals surface area contributed by atoms with Crippen LogP contribution in [0.5, 0.6) is 0 Å². The number of aromatic amines is 2. The number of ether oxygens (including phenoxy) is 1. The first kappa shape index (κ1) is 41.2. The Balaban J connectivity index is 1.47. The van der Waals surface area contributed by atoms with Gasteiger partial charge in [-0.3, -0.25) is 28.7 Å². The number of nitrogens with zero attached hydrogens (tertiary/aromatic N) is 2. The maximum atomic E-state index is 13.8. The van der Waals surface area contributed by atoms with Gasteiger partial charge in [0.2, 0.25) is 17.7 Å². The highest BCUT2D eigenvalue weighted by atomic mass is 16.5. The summed E-state index contributed by atoms with van der Waals surface area (Å²) >= 11 is 0. The number of carbonyl (C=O) groups excluding carboxylic acids is 4. The summed E-state index contributed by atoms with van der Waals surface area (Å²) in [5, 5.41) is 31.6. The zero-order valence-corrected chi connectivity index (χ0v) is 30.7. The van der Waals surface area contributed by atoms with Crippen molar-refractivity contribution in [2.45, 2.75) is 95.6 Å². The van der Waals surface area contributed by atoms with E-state index in [1.165, 1.54) is 32.0 Å². The Morgan fingerprint density at radius 1 is 1.02 bits per heavy atom. The number of H-pyrrole nitrogens is 2. The number of hydrogen-bond donors (Lipinski definition) is 9. The van der Waals surface area contributed by atoms with E-state index in [-0.39, 0.29) is 31.7 Å². The summed E-state index contributed by atoms with van der Waals surface area (Å²) in [4.78, 5) is 95.9. The zero-order valence-electron chi connectivity index (χ0n) is 30.7. The molecule has 1 aliphatic rings. The predicted molar refractivity (Wildman–Crippen MR) is 195 cm³/mol. The fourth-order valence-corrected chi connectivity index (χ4v) is 6.25. The minimum atomic E-state index is -1.39. The van der Waals surface area contributed by atoms with Crippen molar-refractivity contribution < 1.29 is 38.9 Å². The first-order valence-electron chi connectivity index (χ1n) is 17.6. The third kappa shape index (κ3) is 10.3. The molecule has 3 heterocycles. The predicted octanol–water partition coefficient (Wildman–Crippen LogP) is -1.13. The molecular formula is C35H49N9O10. The number of carbonyl (C=O) groups is 5. The number of hydrogen-bond acceptors (Lipinski definition) is 10. The van der Waals surface area contributed by atoms with Gasteiger partial charge in [-0.25, -0.2) is 14.4 Å². The Morgan fingerprint density at radius 2 is 1.70 bits per heavy atom. The van der Waals surface area contributed by atoms with E-state index in [1.54, 1.807) is 6.20 Å². The molecule has 10 N–H and O–H groups in total. The standard InChI is InChI=1S/C35H49N9O10/c1-17(2)12-24(39-34(52)40-25(33(50)51)13-20-15-37-23-9-7-6-8-22(20)23)29(47)42-28(19(4)43(5)31(49)18(3)36)30(48)38-16-21-14-26(45)32(54-21)44-11-10-27(46)41-35(44)53/h6-11,15,17-19,21,24-26,28,32,37,45H,12-14,16,36H2,1-5H3,(H,38,48)(H,42,47)(H,50,51)(H2,39,40,52)(H,41,46,53)/t18-,19-,21+,24-,25-,26+,28-,32+/m0/s1. The summed E-state index contributed by atoms with van der Waals surface area (Å²) in [7, 11) is 1.42. The lowest BCUT2D eigenvalue weighted by molar-refractivity contribution is -0.139. The van der Waals surface area contributed by atoms with Gasteiger partial charge >= 0.3 is 17.7 Å². The molecule has 4 rings (SSSR count). The molecule has 54 heavy (non-hydrogen) atoms. The number of benzene rings is 1. The molecule has 5 amide bonds. The summed E-state index contributed by atoms with van der Waals surface area (Å²) in [5.74, 6) is -3.45. The average Bonchev–Trinajstić information content (AvgIpc) is 3.69. The second-order valence-electron chi connectivity index (χ2n) is 13.9. The first-order chi connectivity index (χ1) is 25.5. The molecule has 0 unspecified atom stereocenters.